The van der Waals surface area contributed by atoms with Crippen LogP contribution in [0.5, 0.6) is 11.5 Å². The number of rotatable bonds is 13. The van der Waals surface area contributed by atoms with E-state index in [2.05, 4.69) is 22.8 Å². The van der Waals surface area contributed by atoms with Gasteiger partial charge in [0.1, 0.15) is 11.5 Å². The molecule has 0 saturated carbocycles. The molecule has 0 atom stereocenters. The minimum atomic E-state index is -0.0557. The summed E-state index contributed by atoms with van der Waals surface area (Å²) >= 11 is 12.0. The molecule has 0 bridgehead atoms. The molecule has 4 rings (SSSR count). The monoisotopic (exact) mass is 632 g/mol. The Labute approximate surface area is 269 Å². The molecule has 2 amide bonds. The minimum Gasteiger partial charge on any atom is -0.493 e. The molecule has 0 aliphatic carbocycles. The molecule has 0 unspecified atom stereocenters. The average Bonchev–Trinajstić information content (AvgIpc) is 2.97. The molecule has 230 valence electrons. The molecule has 2 N–H and O–H groups in total. The molecule has 0 radical (unpaired) electrons. The third-order valence-corrected chi connectivity index (χ3v) is 7.69. The Hall–Kier alpha value is -4.00. The first-order valence-electron chi connectivity index (χ1n) is 14.7. The van der Waals surface area contributed by atoms with Crippen LogP contribution in [0.15, 0.2) is 72.8 Å². The molecule has 0 heterocycles. The highest BCUT2D eigenvalue weighted by Crippen LogP contribution is 2.29. The number of aryl methyl sites for hydroxylation is 4. The lowest BCUT2D eigenvalue weighted by Crippen LogP contribution is -2.14. The third kappa shape index (κ3) is 9.50. The van der Waals surface area contributed by atoms with Gasteiger partial charge in [-0.05, 0) is 135 Å². The maximum atomic E-state index is 12.6. The standard InChI is InChI=1S/C36H38Cl2N2O4/c1-23-19-27(9-13-31(23)39-35(41)7-5-17-43-33-15-11-29(37)21-25(33)3)28-10-14-32(24(2)20-28)40-36(42)8-6-18-44-34-16-12-30(38)22-26(34)4/h9-16,19-22H,5-8,17-18H2,1-4H3,(H,39,41)(H,40,42). The van der Waals surface area contributed by atoms with Crippen LogP contribution >= 0.6 is 23.2 Å². The second kappa shape index (κ2) is 15.6. The van der Waals surface area contributed by atoms with Crippen molar-refractivity contribution < 1.29 is 19.1 Å². The molecule has 4 aromatic rings. The molecule has 6 nitrogen and oxygen atoms in total. The van der Waals surface area contributed by atoms with E-state index in [1.54, 1.807) is 12.1 Å². The Morgan fingerprint density at radius 3 is 1.34 bits per heavy atom. The topological polar surface area (TPSA) is 76.7 Å². The number of carbonyl (C=O) groups is 2. The highest BCUT2D eigenvalue weighted by molar-refractivity contribution is 6.31. The molecule has 0 saturated heterocycles. The number of hydrogen-bond donors (Lipinski definition) is 2. The van der Waals surface area contributed by atoms with Gasteiger partial charge in [-0.2, -0.15) is 0 Å². The zero-order valence-corrected chi connectivity index (χ0v) is 27.1. The fourth-order valence-electron chi connectivity index (χ4n) is 4.77. The minimum absolute atomic E-state index is 0.0557. The Bertz CT molecular complexity index is 1520. The lowest BCUT2D eigenvalue weighted by atomic mass is 10.00. The number of halogens is 2. The van der Waals surface area contributed by atoms with Crippen LogP contribution in [-0.4, -0.2) is 25.0 Å². The predicted molar refractivity (Wildman–Crippen MR) is 180 cm³/mol. The Balaban J connectivity index is 1.23. The number of hydrogen-bond acceptors (Lipinski definition) is 4. The van der Waals surface area contributed by atoms with E-state index in [4.69, 9.17) is 32.7 Å². The van der Waals surface area contributed by atoms with E-state index in [1.807, 2.05) is 76.2 Å². The molecule has 4 aromatic carbocycles. The van der Waals surface area contributed by atoms with Crippen molar-refractivity contribution in [3.8, 4) is 22.6 Å². The first kappa shape index (κ1) is 32.9. The Morgan fingerprint density at radius 1 is 0.568 bits per heavy atom. The van der Waals surface area contributed by atoms with Gasteiger partial charge >= 0.3 is 0 Å². The Morgan fingerprint density at radius 2 is 0.977 bits per heavy atom. The van der Waals surface area contributed by atoms with Crippen molar-refractivity contribution in [1.82, 2.24) is 0 Å². The predicted octanol–water partition coefficient (Wildman–Crippen LogP) is 9.49. The summed E-state index contributed by atoms with van der Waals surface area (Å²) in [5.74, 6) is 1.44. The summed E-state index contributed by atoms with van der Waals surface area (Å²) in [6.45, 7) is 8.73. The van der Waals surface area contributed by atoms with Crippen LogP contribution in [-0.2, 0) is 9.59 Å². The van der Waals surface area contributed by atoms with Gasteiger partial charge in [0.15, 0.2) is 0 Å². The number of amides is 2. The molecule has 0 fully saturated rings. The number of anilines is 2. The van der Waals surface area contributed by atoms with Gasteiger partial charge < -0.3 is 20.1 Å². The Kier molecular flexibility index (Phi) is 11.7. The highest BCUT2D eigenvalue weighted by atomic mass is 35.5. The summed E-state index contributed by atoms with van der Waals surface area (Å²) < 4.78 is 11.6. The van der Waals surface area contributed by atoms with E-state index >= 15 is 0 Å². The molecular weight excluding hydrogens is 595 g/mol. The summed E-state index contributed by atoms with van der Waals surface area (Å²) in [5, 5.41) is 7.36. The van der Waals surface area contributed by atoms with Crippen LogP contribution in [0.2, 0.25) is 10.0 Å². The third-order valence-electron chi connectivity index (χ3n) is 7.22. The van der Waals surface area contributed by atoms with Gasteiger partial charge in [-0.25, -0.2) is 0 Å². The van der Waals surface area contributed by atoms with Gasteiger partial charge in [-0.15, -0.1) is 0 Å². The van der Waals surface area contributed by atoms with E-state index in [9.17, 15) is 9.59 Å². The SMILES string of the molecule is Cc1cc(-c2ccc(NC(=O)CCCOc3ccc(Cl)cc3C)c(C)c2)ccc1NC(=O)CCCOc1ccc(Cl)cc1C. The van der Waals surface area contributed by atoms with Crippen LogP contribution in [0.1, 0.15) is 47.9 Å². The second-order valence-electron chi connectivity index (χ2n) is 10.9. The van der Waals surface area contributed by atoms with Gasteiger partial charge in [0.25, 0.3) is 0 Å². The molecule has 0 aromatic heterocycles. The number of ether oxygens (including phenoxy) is 2. The van der Waals surface area contributed by atoms with Gasteiger partial charge in [0.05, 0.1) is 13.2 Å². The van der Waals surface area contributed by atoms with E-state index in [0.717, 1.165) is 56.3 Å². The summed E-state index contributed by atoms with van der Waals surface area (Å²) in [5.41, 5.74) is 7.49. The van der Waals surface area contributed by atoms with Crippen molar-refractivity contribution in [3.63, 3.8) is 0 Å². The lowest BCUT2D eigenvalue weighted by Gasteiger charge is -2.13. The lowest BCUT2D eigenvalue weighted by molar-refractivity contribution is -0.117. The van der Waals surface area contributed by atoms with Crippen LogP contribution in [0, 0.1) is 27.7 Å². The summed E-state index contributed by atoms with van der Waals surface area (Å²) in [4.78, 5) is 25.1. The van der Waals surface area contributed by atoms with Crippen molar-refractivity contribution in [2.24, 2.45) is 0 Å². The largest absolute Gasteiger partial charge is 0.493 e. The normalized spacial score (nSPS) is 10.8. The number of carbonyl (C=O) groups excluding carboxylic acids is 2. The van der Waals surface area contributed by atoms with Crippen molar-refractivity contribution >= 4 is 46.4 Å². The molecule has 0 aliphatic heterocycles. The van der Waals surface area contributed by atoms with Gasteiger partial charge in [0.2, 0.25) is 11.8 Å². The van der Waals surface area contributed by atoms with Crippen LogP contribution in [0.25, 0.3) is 11.1 Å². The van der Waals surface area contributed by atoms with Crippen molar-refractivity contribution in [2.45, 2.75) is 53.4 Å². The number of nitrogens with one attached hydrogen (secondary N) is 2. The molecular formula is C36H38Cl2N2O4. The fourth-order valence-corrected chi connectivity index (χ4v) is 5.22. The molecule has 0 spiro atoms. The molecule has 0 aliphatic rings. The molecule has 44 heavy (non-hydrogen) atoms. The van der Waals surface area contributed by atoms with Crippen molar-refractivity contribution in [1.29, 1.82) is 0 Å². The second-order valence-corrected chi connectivity index (χ2v) is 11.8. The van der Waals surface area contributed by atoms with Crippen molar-refractivity contribution in [2.75, 3.05) is 23.8 Å². The van der Waals surface area contributed by atoms with Gasteiger partial charge in [0, 0.05) is 34.3 Å². The zero-order valence-electron chi connectivity index (χ0n) is 25.6. The maximum Gasteiger partial charge on any atom is 0.224 e. The summed E-state index contributed by atoms with van der Waals surface area (Å²) in [6.07, 6.45) is 1.92. The van der Waals surface area contributed by atoms with Gasteiger partial charge in [-0.1, -0.05) is 35.3 Å². The summed E-state index contributed by atoms with van der Waals surface area (Å²) in [7, 11) is 0. The smallest absolute Gasteiger partial charge is 0.224 e. The highest BCUT2D eigenvalue weighted by Gasteiger charge is 2.10. The fraction of sp³-hybridized carbons (Fsp3) is 0.278. The van der Waals surface area contributed by atoms with Crippen LogP contribution in [0.3, 0.4) is 0 Å². The van der Waals surface area contributed by atoms with Crippen LogP contribution < -0.4 is 20.1 Å². The van der Waals surface area contributed by atoms with E-state index in [-0.39, 0.29) is 11.8 Å². The number of benzene rings is 4. The van der Waals surface area contributed by atoms with Gasteiger partial charge in [-0.3, -0.25) is 9.59 Å². The zero-order chi connectivity index (χ0) is 31.6. The first-order valence-corrected chi connectivity index (χ1v) is 15.4. The van der Waals surface area contributed by atoms with Crippen LogP contribution in [0.4, 0.5) is 11.4 Å². The quantitative estimate of drug-likeness (QED) is 0.144. The summed E-state index contributed by atoms with van der Waals surface area (Å²) in [6, 6.07) is 22.9. The van der Waals surface area contributed by atoms with Crippen molar-refractivity contribution in [3.05, 3.63) is 105 Å². The van der Waals surface area contributed by atoms with E-state index < -0.39 is 0 Å². The van der Waals surface area contributed by atoms with E-state index in [1.165, 1.54) is 0 Å². The molecule has 8 heteroatoms. The van der Waals surface area contributed by atoms with E-state index in [0.29, 0.717) is 48.9 Å². The maximum absolute atomic E-state index is 12.6. The first-order chi connectivity index (χ1) is 21.1. The average molecular weight is 634 g/mol.